The minimum atomic E-state index is -2.32. The molecule has 2 atom stereocenters. The van der Waals surface area contributed by atoms with Crippen LogP contribution in [0.2, 0.25) is 0 Å². The van der Waals surface area contributed by atoms with Crippen molar-refractivity contribution in [2.45, 2.75) is 12.6 Å². The number of rotatable bonds is 3. The normalized spacial score (nSPS) is 28.5. The summed E-state index contributed by atoms with van der Waals surface area (Å²) in [7, 11) is -0.804. The summed E-state index contributed by atoms with van der Waals surface area (Å²) < 4.78 is 12.2. The molecule has 94 valence electrons. The van der Waals surface area contributed by atoms with E-state index in [1.807, 2.05) is 0 Å². The number of nitrogens with zero attached hydrogens (tertiary/aromatic N) is 1. The van der Waals surface area contributed by atoms with E-state index in [1.165, 1.54) is 19.4 Å². The Morgan fingerprint density at radius 3 is 3.18 bits per heavy atom. The topological polar surface area (TPSA) is 72.7 Å². The van der Waals surface area contributed by atoms with Crippen molar-refractivity contribution in [3.63, 3.8) is 0 Å². The molecule has 1 aliphatic rings. The minimum Gasteiger partial charge on any atom is -0.503 e. The monoisotopic (exact) mass is 276 g/mol. The first-order chi connectivity index (χ1) is 8.02. The summed E-state index contributed by atoms with van der Waals surface area (Å²) in [6.07, 6.45) is 3.00. The van der Waals surface area contributed by atoms with Crippen LogP contribution >= 0.6 is 7.07 Å². The van der Waals surface area contributed by atoms with Crippen LogP contribution in [0.15, 0.2) is 23.3 Å². The second-order valence-electron chi connectivity index (χ2n) is 3.69. The first-order valence-corrected chi connectivity index (χ1v) is 7.63. The lowest BCUT2D eigenvalue weighted by Gasteiger charge is -2.20. The molecule has 0 bridgehead atoms. The first-order valence-electron chi connectivity index (χ1n) is 4.99. The molecule has 1 saturated heterocycles. The predicted octanol–water partition coefficient (Wildman–Crippen LogP) is 0.413. The van der Waals surface area contributed by atoms with Crippen molar-refractivity contribution in [3.05, 3.63) is 28.7 Å². The molecule has 0 aliphatic carbocycles. The van der Waals surface area contributed by atoms with Gasteiger partial charge in [-0.1, -0.05) is 0 Å². The average Bonchev–Trinajstić information content (AvgIpc) is 2.67. The SMILES string of the molecule is CO[P+]1([S-])NC(Cn2ccc(=O)c(O)c2)CO1. The summed E-state index contributed by atoms with van der Waals surface area (Å²) >= 11 is 5.15. The van der Waals surface area contributed by atoms with Crippen LogP contribution < -0.4 is 10.5 Å². The van der Waals surface area contributed by atoms with E-state index in [4.69, 9.17) is 21.3 Å². The fourth-order valence-electron chi connectivity index (χ4n) is 1.57. The molecular formula is C9H13N2O4PS. The summed E-state index contributed by atoms with van der Waals surface area (Å²) in [6, 6.07) is 1.33. The highest BCUT2D eigenvalue weighted by atomic mass is 32.7. The van der Waals surface area contributed by atoms with Crippen molar-refractivity contribution in [1.82, 2.24) is 9.65 Å². The standard InChI is InChI=1S/C9H13N2O4PS/c1-14-16(17)10-7(6-15-16)4-11-3-2-8(12)9(13)5-11/h2-3,5,7,13H,4,6H2,1H3,(H,10,17). The zero-order chi connectivity index (χ0) is 12.5. The lowest BCUT2D eigenvalue weighted by molar-refractivity contribution is 0.296. The molecule has 1 fully saturated rings. The summed E-state index contributed by atoms with van der Waals surface area (Å²) in [5, 5.41) is 12.4. The van der Waals surface area contributed by atoms with Gasteiger partial charge in [-0.05, 0) is 0 Å². The molecule has 17 heavy (non-hydrogen) atoms. The maximum Gasteiger partial charge on any atom is 0.228 e. The second-order valence-corrected chi connectivity index (χ2v) is 7.01. The molecule has 6 nitrogen and oxygen atoms in total. The Labute approximate surface area is 104 Å². The molecule has 1 aliphatic heterocycles. The molecule has 2 unspecified atom stereocenters. The molecular weight excluding hydrogens is 263 g/mol. The Balaban J connectivity index is 2.03. The van der Waals surface area contributed by atoms with Crippen LogP contribution in [0.3, 0.4) is 0 Å². The number of pyridine rings is 1. The molecule has 0 amide bonds. The molecule has 1 aromatic rings. The summed E-state index contributed by atoms with van der Waals surface area (Å²) in [4.78, 5) is 11.0. The van der Waals surface area contributed by atoms with Gasteiger partial charge in [0, 0.05) is 25.0 Å². The Kier molecular flexibility index (Phi) is 3.75. The molecule has 2 N–H and O–H groups in total. The minimum absolute atomic E-state index is 0.0164. The maximum absolute atomic E-state index is 11.0. The van der Waals surface area contributed by atoms with Crippen molar-refractivity contribution >= 4 is 19.3 Å². The first kappa shape index (κ1) is 12.9. The average molecular weight is 276 g/mol. The van der Waals surface area contributed by atoms with Gasteiger partial charge in [-0.15, -0.1) is 0 Å². The maximum atomic E-state index is 11.0. The summed E-state index contributed by atoms with van der Waals surface area (Å²) in [5.74, 6) is -0.266. The molecule has 8 heteroatoms. The third kappa shape index (κ3) is 3.00. The van der Waals surface area contributed by atoms with Crippen molar-refractivity contribution < 1.29 is 14.2 Å². The smallest absolute Gasteiger partial charge is 0.228 e. The van der Waals surface area contributed by atoms with E-state index in [-0.39, 0.29) is 17.2 Å². The van der Waals surface area contributed by atoms with E-state index in [0.29, 0.717) is 13.2 Å². The van der Waals surface area contributed by atoms with Gasteiger partial charge in [-0.25, -0.2) is 9.05 Å². The highest BCUT2D eigenvalue weighted by Crippen LogP contribution is 2.57. The van der Waals surface area contributed by atoms with Gasteiger partial charge in [0.1, 0.15) is 6.61 Å². The zero-order valence-corrected chi connectivity index (χ0v) is 10.9. The van der Waals surface area contributed by atoms with E-state index in [2.05, 4.69) is 5.09 Å². The van der Waals surface area contributed by atoms with Gasteiger partial charge in [0.2, 0.25) is 12.5 Å². The van der Waals surface area contributed by atoms with Crippen molar-refractivity contribution in [1.29, 1.82) is 0 Å². The fraction of sp³-hybridized carbons (Fsp3) is 0.444. The number of nitrogens with one attached hydrogen (secondary N) is 1. The Hall–Kier alpha value is -0.590. The highest BCUT2D eigenvalue weighted by molar-refractivity contribution is 8.37. The van der Waals surface area contributed by atoms with Gasteiger partial charge in [0.25, 0.3) is 0 Å². The van der Waals surface area contributed by atoms with Gasteiger partial charge in [0.15, 0.2) is 5.75 Å². The lowest BCUT2D eigenvalue weighted by Crippen LogP contribution is -2.28. The molecule has 0 spiro atoms. The Morgan fingerprint density at radius 2 is 2.59 bits per heavy atom. The van der Waals surface area contributed by atoms with Gasteiger partial charge in [0.05, 0.1) is 13.2 Å². The summed E-state index contributed by atoms with van der Waals surface area (Å²) in [6.45, 7) is 1.01. The quantitative estimate of drug-likeness (QED) is 0.615. The van der Waals surface area contributed by atoms with Gasteiger partial charge >= 0.3 is 0 Å². The van der Waals surface area contributed by atoms with E-state index in [9.17, 15) is 9.90 Å². The van der Waals surface area contributed by atoms with Crippen molar-refractivity contribution in [2.75, 3.05) is 13.7 Å². The number of hydrogen-bond acceptors (Lipinski definition) is 6. The molecule has 2 rings (SSSR count). The number of aromatic nitrogens is 1. The number of aromatic hydroxyl groups is 1. The van der Waals surface area contributed by atoms with E-state index in [1.54, 1.807) is 10.8 Å². The van der Waals surface area contributed by atoms with Gasteiger partial charge in [-0.2, -0.15) is 5.09 Å². The highest BCUT2D eigenvalue weighted by Gasteiger charge is 2.38. The predicted molar refractivity (Wildman–Crippen MR) is 66.5 cm³/mol. The second kappa shape index (κ2) is 4.96. The van der Waals surface area contributed by atoms with Crippen LogP contribution in [-0.4, -0.2) is 29.4 Å². The molecule has 0 aromatic carbocycles. The van der Waals surface area contributed by atoms with E-state index in [0.717, 1.165) is 0 Å². The largest absolute Gasteiger partial charge is 0.503 e. The van der Waals surface area contributed by atoms with Crippen molar-refractivity contribution in [2.24, 2.45) is 0 Å². The van der Waals surface area contributed by atoms with Crippen LogP contribution in [0.1, 0.15) is 0 Å². The van der Waals surface area contributed by atoms with Crippen LogP contribution in [-0.2, 0) is 27.8 Å². The molecule has 2 heterocycles. The van der Waals surface area contributed by atoms with E-state index >= 15 is 0 Å². The fourth-order valence-corrected chi connectivity index (χ4v) is 3.46. The zero-order valence-electron chi connectivity index (χ0n) is 9.20. The van der Waals surface area contributed by atoms with Crippen LogP contribution in [0.25, 0.3) is 0 Å². The Morgan fingerprint density at radius 1 is 1.82 bits per heavy atom. The molecule has 1 aromatic heterocycles. The Bertz CT molecular complexity index is 469. The van der Waals surface area contributed by atoms with Crippen LogP contribution in [0, 0.1) is 0 Å². The van der Waals surface area contributed by atoms with Crippen LogP contribution in [0.5, 0.6) is 5.75 Å². The summed E-state index contributed by atoms with van der Waals surface area (Å²) in [5.41, 5.74) is -0.390. The molecule has 0 saturated carbocycles. The third-order valence-electron chi connectivity index (χ3n) is 2.42. The van der Waals surface area contributed by atoms with Gasteiger partial charge in [-0.3, -0.25) is 4.79 Å². The molecule has 0 radical (unpaired) electrons. The lowest BCUT2D eigenvalue weighted by atomic mass is 10.3. The van der Waals surface area contributed by atoms with E-state index < -0.39 is 7.07 Å². The van der Waals surface area contributed by atoms with Crippen molar-refractivity contribution in [3.8, 4) is 5.75 Å². The third-order valence-corrected chi connectivity index (χ3v) is 5.15. The van der Waals surface area contributed by atoms with Gasteiger partial charge < -0.3 is 21.9 Å². The number of hydrogen-bond donors (Lipinski definition) is 2. The van der Waals surface area contributed by atoms with Crippen LogP contribution in [0.4, 0.5) is 0 Å².